The average molecular weight is 437 g/mol. The van der Waals surface area contributed by atoms with Crippen LogP contribution in [0.4, 0.5) is 4.79 Å². The molecule has 3 aromatic rings. The molecule has 5 rings (SSSR count). The fourth-order valence-corrected chi connectivity index (χ4v) is 4.26. The van der Waals surface area contributed by atoms with Crippen molar-refractivity contribution in [2.45, 2.75) is 58.0 Å². The number of rotatable bonds is 1. The highest BCUT2D eigenvalue weighted by Crippen LogP contribution is 2.35. The van der Waals surface area contributed by atoms with Crippen LogP contribution in [-0.2, 0) is 9.47 Å². The summed E-state index contributed by atoms with van der Waals surface area (Å²) < 4.78 is 19.7. The lowest BCUT2D eigenvalue weighted by Crippen LogP contribution is -2.29. The summed E-state index contributed by atoms with van der Waals surface area (Å²) in [6, 6.07) is 11.7. The van der Waals surface area contributed by atoms with Gasteiger partial charge >= 0.3 is 6.09 Å². The third-order valence-corrected chi connectivity index (χ3v) is 5.98. The van der Waals surface area contributed by atoms with Gasteiger partial charge in [-0.1, -0.05) is 6.07 Å². The fraction of sp³-hybridized carbons (Fsp3) is 0.458. The summed E-state index contributed by atoms with van der Waals surface area (Å²) in [6.45, 7) is 5.01. The van der Waals surface area contributed by atoms with Gasteiger partial charge in [-0.05, 0) is 63.4 Å². The number of hydrogen-bond acceptors (Lipinski definition) is 6. The van der Waals surface area contributed by atoms with Crippen LogP contribution in [-0.4, -0.2) is 40.1 Å². The zero-order chi connectivity index (χ0) is 22.1. The van der Waals surface area contributed by atoms with Crippen molar-refractivity contribution in [2.24, 2.45) is 0 Å². The third kappa shape index (κ3) is 4.14. The molecule has 0 aliphatic carbocycles. The molecule has 3 atom stereocenters. The number of hydrogen-bond donors (Lipinski definition) is 1. The van der Waals surface area contributed by atoms with Gasteiger partial charge in [0.05, 0.1) is 23.0 Å². The molecule has 2 aliphatic heterocycles. The molecule has 4 bridgehead atoms. The second-order valence-corrected chi connectivity index (χ2v) is 8.43. The first-order valence-corrected chi connectivity index (χ1v) is 11.3. The van der Waals surface area contributed by atoms with Crippen molar-refractivity contribution >= 4 is 17.0 Å². The number of nitrogens with zero attached hydrogens (tertiary/aromatic N) is 3. The van der Waals surface area contributed by atoms with E-state index in [2.05, 4.69) is 5.32 Å². The van der Waals surface area contributed by atoms with Gasteiger partial charge in [-0.25, -0.2) is 14.5 Å². The van der Waals surface area contributed by atoms with E-state index in [4.69, 9.17) is 24.3 Å². The zero-order valence-corrected chi connectivity index (χ0v) is 18.4. The summed E-state index contributed by atoms with van der Waals surface area (Å²) in [6.07, 6.45) is 2.67. The lowest BCUT2D eigenvalue weighted by Gasteiger charge is -2.23. The Morgan fingerprint density at radius 1 is 1.09 bits per heavy atom. The lowest BCUT2D eigenvalue weighted by atomic mass is 10.1. The van der Waals surface area contributed by atoms with Crippen LogP contribution in [0.2, 0.25) is 0 Å². The molecule has 8 nitrogen and oxygen atoms in total. The number of nitrogens with one attached hydrogen (secondary N) is 1. The smallest absolute Gasteiger partial charge is 0.407 e. The molecule has 4 heterocycles. The van der Waals surface area contributed by atoms with Gasteiger partial charge in [-0.3, -0.25) is 0 Å². The Morgan fingerprint density at radius 2 is 2.00 bits per heavy atom. The second kappa shape index (κ2) is 8.78. The Labute approximate surface area is 186 Å². The predicted octanol–water partition coefficient (Wildman–Crippen LogP) is 4.76. The Morgan fingerprint density at radius 3 is 2.84 bits per heavy atom. The van der Waals surface area contributed by atoms with Crippen molar-refractivity contribution in [1.29, 1.82) is 0 Å². The van der Waals surface area contributed by atoms with Gasteiger partial charge < -0.3 is 19.5 Å². The molecule has 1 fully saturated rings. The third-order valence-electron chi connectivity index (χ3n) is 5.98. The largest absolute Gasteiger partial charge is 0.491 e. The number of carbonyl (C=O) groups is 1. The van der Waals surface area contributed by atoms with Crippen molar-refractivity contribution in [1.82, 2.24) is 20.1 Å². The summed E-state index contributed by atoms with van der Waals surface area (Å²) in [5.74, 6) is 0.761. The Balaban J connectivity index is 1.65. The molecule has 168 valence electrons. The molecule has 0 spiro atoms. The van der Waals surface area contributed by atoms with E-state index in [9.17, 15) is 4.79 Å². The monoisotopic (exact) mass is 436 g/mol. The molecule has 2 aromatic heterocycles. The normalized spacial score (nSPS) is 24.2. The minimum absolute atomic E-state index is 0.0744. The van der Waals surface area contributed by atoms with Crippen LogP contribution in [0.25, 0.3) is 22.3 Å². The molecule has 0 radical (unpaired) electrons. The first-order valence-electron chi connectivity index (χ1n) is 11.3. The number of fused-ring (bicyclic) bond motifs is 4. The quantitative estimate of drug-likeness (QED) is 0.592. The molecular weight excluding hydrogens is 408 g/mol. The average Bonchev–Trinajstić information content (AvgIpc) is 3.18. The number of pyridine rings is 1. The minimum atomic E-state index is -0.487. The van der Waals surface area contributed by atoms with E-state index in [0.717, 1.165) is 53.9 Å². The molecule has 1 aromatic carbocycles. The highest BCUT2D eigenvalue weighted by molar-refractivity contribution is 5.93. The van der Waals surface area contributed by atoms with Crippen molar-refractivity contribution in [3.63, 3.8) is 0 Å². The van der Waals surface area contributed by atoms with Crippen LogP contribution in [0.3, 0.4) is 0 Å². The zero-order valence-electron chi connectivity index (χ0n) is 18.4. The van der Waals surface area contributed by atoms with Gasteiger partial charge in [0.25, 0.3) is 0 Å². The maximum atomic E-state index is 12.2. The fourth-order valence-electron chi connectivity index (χ4n) is 4.26. The minimum Gasteiger partial charge on any atom is -0.491 e. The van der Waals surface area contributed by atoms with Gasteiger partial charge in [-0.2, -0.15) is 5.10 Å². The van der Waals surface area contributed by atoms with E-state index in [1.165, 1.54) is 0 Å². The van der Waals surface area contributed by atoms with Gasteiger partial charge in [0.2, 0.25) is 0 Å². The first kappa shape index (κ1) is 20.8. The molecule has 2 aliphatic rings. The van der Waals surface area contributed by atoms with E-state index >= 15 is 0 Å². The van der Waals surface area contributed by atoms with Gasteiger partial charge in [0.1, 0.15) is 17.5 Å². The number of amides is 1. The first-order chi connectivity index (χ1) is 15.6. The van der Waals surface area contributed by atoms with Crippen LogP contribution >= 0.6 is 0 Å². The second-order valence-electron chi connectivity index (χ2n) is 8.43. The highest BCUT2D eigenvalue weighted by Gasteiger charge is 2.24. The maximum absolute atomic E-state index is 12.2. The number of cyclic esters (lactones) is 1. The standard InChI is InChI=1S/C24H28N4O4/c1-15-11-12-25-24(29)32-16(2)19-6-5-7-20(26-19)23-18-14-17(31-15)9-10-21(18)28(27-23)22-8-3-4-13-30-22/h5-7,9-10,14-16,22H,3-4,8,11-13H2,1-2H3,(H,25,29)/t15-,16-,22?/m1/s1. The molecule has 1 N–H and O–H groups in total. The molecule has 8 heteroatoms. The number of benzene rings is 1. The van der Waals surface area contributed by atoms with Crippen molar-refractivity contribution < 1.29 is 19.0 Å². The van der Waals surface area contributed by atoms with Crippen LogP contribution in [0.1, 0.15) is 57.6 Å². The number of alkyl carbamates (subject to hydrolysis) is 1. The van der Waals surface area contributed by atoms with Crippen LogP contribution < -0.4 is 10.1 Å². The van der Waals surface area contributed by atoms with Crippen molar-refractivity contribution in [3.8, 4) is 17.1 Å². The Kier molecular flexibility index (Phi) is 5.70. The Bertz CT molecular complexity index is 1120. The van der Waals surface area contributed by atoms with Gasteiger partial charge in [0.15, 0.2) is 6.23 Å². The van der Waals surface area contributed by atoms with E-state index in [-0.39, 0.29) is 12.3 Å². The molecule has 32 heavy (non-hydrogen) atoms. The van der Waals surface area contributed by atoms with E-state index in [1.807, 2.05) is 54.9 Å². The lowest BCUT2D eigenvalue weighted by molar-refractivity contribution is -0.0365. The predicted molar refractivity (Wildman–Crippen MR) is 119 cm³/mol. The SMILES string of the molecule is C[C@@H]1CCNC(=O)O[C@H](C)c2cccc(n2)-c2nn(C3CCCCO3)c3ccc(cc23)O1. The number of carbonyl (C=O) groups excluding carboxylic acids is 1. The number of ether oxygens (including phenoxy) is 3. The van der Waals surface area contributed by atoms with Gasteiger partial charge in [-0.15, -0.1) is 0 Å². The summed E-state index contributed by atoms with van der Waals surface area (Å²) in [5.41, 5.74) is 3.15. The van der Waals surface area contributed by atoms with E-state index < -0.39 is 12.2 Å². The summed E-state index contributed by atoms with van der Waals surface area (Å²) in [5, 5.41) is 8.70. The molecule has 1 amide bonds. The molecule has 1 unspecified atom stereocenters. The van der Waals surface area contributed by atoms with Crippen LogP contribution in [0.5, 0.6) is 5.75 Å². The molecule has 0 saturated carbocycles. The Hall–Kier alpha value is -3.13. The van der Waals surface area contributed by atoms with Crippen molar-refractivity contribution in [2.75, 3.05) is 13.2 Å². The van der Waals surface area contributed by atoms with E-state index in [0.29, 0.717) is 18.7 Å². The summed E-state index contributed by atoms with van der Waals surface area (Å²) in [7, 11) is 0. The van der Waals surface area contributed by atoms with Crippen molar-refractivity contribution in [3.05, 3.63) is 42.1 Å². The number of aromatic nitrogens is 3. The molecule has 1 saturated heterocycles. The summed E-state index contributed by atoms with van der Waals surface area (Å²) in [4.78, 5) is 17.0. The topological polar surface area (TPSA) is 87.5 Å². The van der Waals surface area contributed by atoms with Crippen LogP contribution in [0, 0.1) is 0 Å². The van der Waals surface area contributed by atoms with E-state index in [1.54, 1.807) is 0 Å². The molecular formula is C24H28N4O4. The maximum Gasteiger partial charge on any atom is 0.407 e. The van der Waals surface area contributed by atoms with Gasteiger partial charge in [0, 0.05) is 25.0 Å². The highest BCUT2D eigenvalue weighted by atomic mass is 16.6. The summed E-state index contributed by atoms with van der Waals surface area (Å²) >= 11 is 0. The van der Waals surface area contributed by atoms with Crippen LogP contribution in [0.15, 0.2) is 36.4 Å².